The van der Waals surface area contributed by atoms with Crippen molar-refractivity contribution in [1.82, 2.24) is 10.3 Å². The molecule has 0 radical (unpaired) electrons. The lowest BCUT2D eigenvalue weighted by molar-refractivity contribution is -0.145. The number of aromatic amines is 1. The van der Waals surface area contributed by atoms with Crippen molar-refractivity contribution in [1.29, 1.82) is 0 Å². The van der Waals surface area contributed by atoms with Crippen molar-refractivity contribution in [3.05, 3.63) is 71.9 Å². The van der Waals surface area contributed by atoms with Crippen LogP contribution in [-0.4, -0.2) is 23.5 Å². The molecule has 1 heterocycles. The minimum Gasteiger partial charge on any atom is -0.464 e. The average Bonchev–Trinajstić information content (AvgIpc) is 3.09. The van der Waals surface area contributed by atoms with Crippen LogP contribution in [0.15, 0.2) is 60.8 Å². The predicted octanol–water partition coefficient (Wildman–Crippen LogP) is 3.20. The lowest BCUT2D eigenvalue weighted by atomic mass is 10.1. The standard InChI is InChI=1S/C19H18N2O3/c1-2-24-19(23)17(13-7-4-3-5-8-13)21-18(22)15-10-6-9-14-11-12-20-16(14)15/h3-12,17,20H,2H2,1H3,(H,21,22)/t17-/m1/s1. The van der Waals surface area contributed by atoms with E-state index in [1.807, 2.05) is 36.4 Å². The zero-order valence-corrected chi connectivity index (χ0v) is 13.3. The highest BCUT2D eigenvalue weighted by Gasteiger charge is 2.25. The highest BCUT2D eigenvalue weighted by atomic mass is 16.5. The molecule has 0 aliphatic heterocycles. The SMILES string of the molecule is CCOC(=O)[C@H](NC(=O)c1cccc2cc[nH]c12)c1ccccc1. The van der Waals surface area contributed by atoms with Crippen LogP contribution in [-0.2, 0) is 9.53 Å². The Morgan fingerprint density at radius 2 is 1.88 bits per heavy atom. The second-order valence-electron chi connectivity index (χ2n) is 5.32. The topological polar surface area (TPSA) is 71.2 Å². The molecular weight excluding hydrogens is 304 g/mol. The molecular formula is C19H18N2O3. The van der Waals surface area contributed by atoms with E-state index in [9.17, 15) is 9.59 Å². The molecule has 0 aliphatic carbocycles. The van der Waals surface area contributed by atoms with E-state index >= 15 is 0 Å². The monoisotopic (exact) mass is 322 g/mol. The largest absolute Gasteiger partial charge is 0.464 e. The molecule has 0 saturated carbocycles. The lowest BCUT2D eigenvalue weighted by Gasteiger charge is -2.18. The first kappa shape index (κ1) is 15.8. The summed E-state index contributed by atoms with van der Waals surface area (Å²) >= 11 is 0. The maximum Gasteiger partial charge on any atom is 0.333 e. The number of aromatic nitrogens is 1. The summed E-state index contributed by atoms with van der Waals surface area (Å²) < 4.78 is 5.11. The fraction of sp³-hybridized carbons (Fsp3) is 0.158. The van der Waals surface area contributed by atoms with Crippen LogP contribution < -0.4 is 5.32 Å². The van der Waals surface area contributed by atoms with Gasteiger partial charge in [0.05, 0.1) is 17.7 Å². The number of hydrogen-bond donors (Lipinski definition) is 2. The highest BCUT2D eigenvalue weighted by Crippen LogP contribution is 2.20. The van der Waals surface area contributed by atoms with Crippen molar-refractivity contribution in [2.24, 2.45) is 0 Å². The number of para-hydroxylation sites is 1. The van der Waals surface area contributed by atoms with Gasteiger partial charge in [0, 0.05) is 11.6 Å². The fourth-order valence-electron chi connectivity index (χ4n) is 2.63. The van der Waals surface area contributed by atoms with Gasteiger partial charge in [-0.05, 0) is 24.6 Å². The second-order valence-corrected chi connectivity index (χ2v) is 5.32. The zero-order chi connectivity index (χ0) is 16.9. The Hall–Kier alpha value is -3.08. The molecule has 0 unspecified atom stereocenters. The highest BCUT2D eigenvalue weighted by molar-refractivity contribution is 6.06. The summed E-state index contributed by atoms with van der Waals surface area (Å²) in [4.78, 5) is 28.0. The number of benzene rings is 2. The number of H-pyrrole nitrogens is 1. The fourth-order valence-corrected chi connectivity index (χ4v) is 2.63. The van der Waals surface area contributed by atoms with Crippen molar-refractivity contribution in [2.75, 3.05) is 6.61 Å². The van der Waals surface area contributed by atoms with Gasteiger partial charge >= 0.3 is 5.97 Å². The summed E-state index contributed by atoms with van der Waals surface area (Å²) in [7, 11) is 0. The zero-order valence-electron chi connectivity index (χ0n) is 13.3. The molecule has 0 spiro atoms. The van der Waals surface area contributed by atoms with Gasteiger partial charge in [0.15, 0.2) is 6.04 Å². The van der Waals surface area contributed by atoms with Crippen LogP contribution in [0, 0.1) is 0 Å². The number of nitrogens with one attached hydrogen (secondary N) is 2. The molecule has 2 N–H and O–H groups in total. The van der Waals surface area contributed by atoms with Gasteiger partial charge in [0.2, 0.25) is 0 Å². The van der Waals surface area contributed by atoms with Gasteiger partial charge in [-0.3, -0.25) is 4.79 Å². The number of carbonyl (C=O) groups is 2. The number of fused-ring (bicyclic) bond motifs is 1. The number of carbonyl (C=O) groups excluding carboxylic acids is 2. The summed E-state index contributed by atoms with van der Waals surface area (Å²) in [5.74, 6) is -0.805. The van der Waals surface area contributed by atoms with Crippen LogP contribution in [0.25, 0.3) is 10.9 Å². The van der Waals surface area contributed by atoms with Gasteiger partial charge in [0.1, 0.15) is 0 Å². The van der Waals surface area contributed by atoms with Crippen LogP contribution in [0.4, 0.5) is 0 Å². The third kappa shape index (κ3) is 3.15. The second kappa shape index (κ2) is 7.00. The van der Waals surface area contributed by atoms with E-state index in [0.29, 0.717) is 11.1 Å². The molecule has 3 aromatic rings. The van der Waals surface area contributed by atoms with Gasteiger partial charge < -0.3 is 15.0 Å². The number of amides is 1. The summed E-state index contributed by atoms with van der Waals surface area (Å²) in [5, 5.41) is 3.72. The van der Waals surface area contributed by atoms with E-state index in [1.54, 1.807) is 31.3 Å². The first-order valence-corrected chi connectivity index (χ1v) is 7.79. The normalized spacial score (nSPS) is 11.9. The number of hydrogen-bond acceptors (Lipinski definition) is 3. The van der Waals surface area contributed by atoms with Crippen LogP contribution in [0.5, 0.6) is 0 Å². The van der Waals surface area contributed by atoms with E-state index in [-0.39, 0.29) is 12.5 Å². The van der Waals surface area contributed by atoms with E-state index < -0.39 is 12.0 Å². The molecule has 0 fully saturated rings. The van der Waals surface area contributed by atoms with Crippen LogP contribution in [0.3, 0.4) is 0 Å². The first-order valence-electron chi connectivity index (χ1n) is 7.79. The van der Waals surface area contributed by atoms with Crippen LogP contribution >= 0.6 is 0 Å². The molecule has 3 rings (SSSR count). The minimum absolute atomic E-state index is 0.254. The van der Waals surface area contributed by atoms with Gasteiger partial charge in [0.25, 0.3) is 5.91 Å². The molecule has 1 atom stereocenters. The molecule has 1 amide bonds. The molecule has 122 valence electrons. The smallest absolute Gasteiger partial charge is 0.333 e. The number of esters is 1. The molecule has 1 aromatic heterocycles. The van der Waals surface area contributed by atoms with Gasteiger partial charge in [-0.25, -0.2) is 4.79 Å². The maximum atomic E-state index is 12.7. The van der Waals surface area contributed by atoms with Crippen molar-refractivity contribution in [2.45, 2.75) is 13.0 Å². The third-order valence-corrected chi connectivity index (χ3v) is 3.76. The number of rotatable bonds is 5. The van der Waals surface area contributed by atoms with Crippen molar-refractivity contribution >= 4 is 22.8 Å². The Bertz CT molecular complexity index is 855. The van der Waals surface area contributed by atoms with Crippen molar-refractivity contribution in [3.8, 4) is 0 Å². The molecule has 0 saturated heterocycles. The minimum atomic E-state index is -0.844. The van der Waals surface area contributed by atoms with Crippen molar-refractivity contribution < 1.29 is 14.3 Å². The van der Waals surface area contributed by atoms with Crippen LogP contribution in [0.2, 0.25) is 0 Å². The van der Waals surface area contributed by atoms with Crippen LogP contribution in [0.1, 0.15) is 28.9 Å². The summed E-state index contributed by atoms with van der Waals surface area (Å²) in [6.45, 7) is 1.99. The molecule has 5 heteroatoms. The van der Waals surface area contributed by atoms with Crippen molar-refractivity contribution in [3.63, 3.8) is 0 Å². The summed E-state index contributed by atoms with van der Waals surface area (Å²) in [5.41, 5.74) is 1.91. The van der Waals surface area contributed by atoms with E-state index in [0.717, 1.165) is 10.9 Å². The summed E-state index contributed by atoms with van der Waals surface area (Å²) in [6, 6.07) is 15.6. The van der Waals surface area contributed by atoms with E-state index in [2.05, 4.69) is 10.3 Å². The first-order chi connectivity index (χ1) is 11.7. The Labute approximate surface area is 139 Å². The predicted molar refractivity (Wildman–Crippen MR) is 91.6 cm³/mol. The average molecular weight is 322 g/mol. The lowest BCUT2D eigenvalue weighted by Crippen LogP contribution is -2.35. The quantitative estimate of drug-likeness (QED) is 0.709. The Morgan fingerprint density at radius 1 is 1.08 bits per heavy atom. The van der Waals surface area contributed by atoms with Gasteiger partial charge in [-0.2, -0.15) is 0 Å². The van der Waals surface area contributed by atoms with E-state index in [4.69, 9.17) is 4.74 Å². The van der Waals surface area contributed by atoms with Gasteiger partial charge in [-0.15, -0.1) is 0 Å². The Balaban J connectivity index is 1.91. The molecule has 5 nitrogen and oxygen atoms in total. The maximum absolute atomic E-state index is 12.7. The Morgan fingerprint density at radius 3 is 2.62 bits per heavy atom. The molecule has 0 aliphatic rings. The third-order valence-electron chi connectivity index (χ3n) is 3.76. The van der Waals surface area contributed by atoms with E-state index in [1.165, 1.54) is 0 Å². The Kier molecular flexibility index (Phi) is 4.61. The van der Waals surface area contributed by atoms with Gasteiger partial charge in [-0.1, -0.05) is 42.5 Å². The molecule has 0 bridgehead atoms. The molecule has 24 heavy (non-hydrogen) atoms. The number of ether oxygens (including phenoxy) is 1. The molecule has 2 aromatic carbocycles. The summed E-state index contributed by atoms with van der Waals surface area (Å²) in [6.07, 6.45) is 1.78.